The first-order chi connectivity index (χ1) is 16.0. The predicted molar refractivity (Wildman–Crippen MR) is 130 cm³/mol. The van der Waals surface area contributed by atoms with Crippen LogP contribution in [0.2, 0.25) is 0 Å². The van der Waals surface area contributed by atoms with Crippen LogP contribution < -0.4 is 9.47 Å². The molecular weight excluding hydrogens is 420 g/mol. The van der Waals surface area contributed by atoms with Gasteiger partial charge in [-0.05, 0) is 65.4 Å². The van der Waals surface area contributed by atoms with E-state index in [1.165, 1.54) is 12.2 Å². The largest absolute Gasteiger partial charge is 0.508 e. The van der Waals surface area contributed by atoms with Crippen molar-refractivity contribution in [1.82, 2.24) is 0 Å². The SMILES string of the molecule is CCCCC(C(=O)/C=C/c1ccc(OC)c(OC)c1)=C(O)/C=C/c1ccc(CO)c(CO)c1. The standard InChI is InChI=1S/C27H32O6/c1-4-5-6-23(24(30)12-8-19-7-11-21(17-28)22(15-19)18-29)25(31)13-9-20-10-14-26(32-2)27(16-20)33-3/h7-16,28-30H,4-6,17-18H2,1-3H3/b12-8+,13-9+,24-23?. The molecule has 0 atom stereocenters. The van der Waals surface area contributed by atoms with Crippen LogP contribution in [-0.4, -0.2) is 35.3 Å². The van der Waals surface area contributed by atoms with Crippen molar-refractivity contribution in [1.29, 1.82) is 0 Å². The van der Waals surface area contributed by atoms with E-state index in [1.807, 2.05) is 13.0 Å². The van der Waals surface area contributed by atoms with Gasteiger partial charge < -0.3 is 24.8 Å². The molecule has 0 bridgehead atoms. The summed E-state index contributed by atoms with van der Waals surface area (Å²) in [6.45, 7) is 1.67. The minimum Gasteiger partial charge on any atom is -0.508 e. The molecule has 176 valence electrons. The lowest BCUT2D eigenvalue weighted by Gasteiger charge is -2.08. The fourth-order valence-corrected chi connectivity index (χ4v) is 3.29. The second-order valence-electron chi connectivity index (χ2n) is 7.46. The highest BCUT2D eigenvalue weighted by Gasteiger charge is 2.12. The molecule has 2 rings (SSSR count). The fourth-order valence-electron chi connectivity index (χ4n) is 3.29. The van der Waals surface area contributed by atoms with Gasteiger partial charge in [-0.2, -0.15) is 0 Å². The Balaban J connectivity index is 2.28. The molecule has 0 aromatic heterocycles. The zero-order chi connectivity index (χ0) is 24.2. The predicted octanol–water partition coefficient (Wildman–Crippen LogP) is 4.99. The highest BCUT2D eigenvalue weighted by Crippen LogP contribution is 2.28. The van der Waals surface area contributed by atoms with Crippen LogP contribution in [0, 0.1) is 0 Å². The molecule has 6 heteroatoms. The molecule has 3 N–H and O–H groups in total. The molecule has 0 radical (unpaired) electrons. The molecule has 6 nitrogen and oxygen atoms in total. The van der Waals surface area contributed by atoms with E-state index in [-0.39, 0.29) is 24.8 Å². The first-order valence-corrected chi connectivity index (χ1v) is 10.9. The molecule has 0 saturated heterocycles. The number of ketones is 1. The lowest BCUT2D eigenvalue weighted by Crippen LogP contribution is -2.03. The van der Waals surface area contributed by atoms with Gasteiger partial charge >= 0.3 is 0 Å². The molecule has 2 aromatic rings. The summed E-state index contributed by atoms with van der Waals surface area (Å²) in [7, 11) is 3.11. The number of hydrogen-bond donors (Lipinski definition) is 3. The normalized spacial score (nSPS) is 12.3. The zero-order valence-electron chi connectivity index (χ0n) is 19.4. The molecule has 33 heavy (non-hydrogen) atoms. The van der Waals surface area contributed by atoms with Crippen molar-refractivity contribution in [2.75, 3.05) is 14.2 Å². The van der Waals surface area contributed by atoms with Gasteiger partial charge in [-0.3, -0.25) is 4.79 Å². The van der Waals surface area contributed by atoms with Gasteiger partial charge in [0.15, 0.2) is 17.3 Å². The van der Waals surface area contributed by atoms with E-state index >= 15 is 0 Å². The number of ether oxygens (including phenoxy) is 2. The molecule has 0 fully saturated rings. The maximum atomic E-state index is 12.9. The second kappa shape index (κ2) is 13.3. The van der Waals surface area contributed by atoms with Crippen molar-refractivity contribution in [3.8, 4) is 11.5 Å². The summed E-state index contributed by atoms with van der Waals surface area (Å²) in [6, 6.07) is 10.6. The molecule has 0 spiro atoms. The molecule has 0 saturated carbocycles. The molecule has 0 aliphatic rings. The fraction of sp³-hybridized carbons (Fsp3) is 0.296. The Hall–Kier alpha value is -3.35. The third-order valence-electron chi connectivity index (χ3n) is 5.23. The molecule has 0 aliphatic carbocycles. The minimum absolute atomic E-state index is 0.0952. The third kappa shape index (κ3) is 7.34. The Morgan fingerprint density at radius 1 is 0.879 bits per heavy atom. The maximum absolute atomic E-state index is 12.9. The highest BCUT2D eigenvalue weighted by atomic mass is 16.5. The van der Waals surface area contributed by atoms with Crippen LogP contribution in [0.25, 0.3) is 12.2 Å². The summed E-state index contributed by atoms with van der Waals surface area (Å²) >= 11 is 0. The molecule has 0 unspecified atom stereocenters. The number of aliphatic hydroxyl groups excluding tert-OH is 3. The van der Waals surface area contributed by atoms with E-state index in [2.05, 4.69) is 0 Å². The van der Waals surface area contributed by atoms with Crippen molar-refractivity contribution < 1.29 is 29.6 Å². The number of carbonyl (C=O) groups excluding carboxylic acids is 1. The van der Waals surface area contributed by atoms with E-state index in [1.54, 1.807) is 56.7 Å². The number of hydrogen-bond acceptors (Lipinski definition) is 6. The number of benzene rings is 2. The van der Waals surface area contributed by atoms with Crippen molar-refractivity contribution in [2.24, 2.45) is 0 Å². The van der Waals surface area contributed by atoms with Crippen LogP contribution in [0.3, 0.4) is 0 Å². The van der Waals surface area contributed by atoms with E-state index < -0.39 is 0 Å². The van der Waals surface area contributed by atoms with Crippen LogP contribution in [-0.2, 0) is 18.0 Å². The summed E-state index contributed by atoms with van der Waals surface area (Å²) in [5.41, 5.74) is 3.10. The Kier molecular flexibility index (Phi) is 10.4. The molecular formula is C27H32O6. The first-order valence-electron chi connectivity index (χ1n) is 10.9. The van der Waals surface area contributed by atoms with E-state index in [9.17, 15) is 20.1 Å². The molecule has 0 heterocycles. The van der Waals surface area contributed by atoms with Gasteiger partial charge in [0.2, 0.25) is 0 Å². The van der Waals surface area contributed by atoms with E-state index in [4.69, 9.17) is 9.47 Å². The van der Waals surface area contributed by atoms with Crippen molar-refractivity contribution in [2.45, 2.75) is 39.4 Å². The molecule has 0 aliphatic heterocycles. The topological polar surface area (TPSA) is 96.2 Å². The number of carbonyl (C=O) groups is 1. The summed E-state index contributed by atoms with van der Waals surface area (Å²) in [5, 5.41) is 29.4. The Morgan fingerprint density at radius 2 is 1.52 bits per heavy atom. The molecule has 2 aromatic carbocycles. The number of aliphatic hydroxyl groups is 3. The van der Waals surface area contributed by atoms with Crippen LogP contribution >= 0.6 is 0 Å². The lowest BCUT2D eigenvalue weighted by atomic mass is 10.0. The zero-order valence-corrected chi connectivity index (χ0v) is 19.4. The van der Waals surface area contributed by atoms with Crippen molar-refractivity contribution in [3.63, 3.8) is 0 Å². The number of methoxy groups -OCH3 is 2. The van der Waals surface area contributed by atoms with Gasteiger partial charge in [-0.15, -0.1) is 0 Å². The van der Waals surface area contributed by atoms with Crippen LogP contribution in [0.4, 0.5) is 0 Å². The summed E-state index contributed by atoms with van der Waals surface area (Å²) in [6.07, 6.45) is 8.38. The van der Waals surface area contributed by atoms with E-state index in [0.29, 0.717) is 34.6 Å². The average Bonchev–Trinajstić information content (AvgIpc) is 2.85. The molecule has 0 amide bonds. The number of allylic oxidation sites excluding steroid dienone is 3. The van der Waals surface area contributed by atoms with Gasteiger partial charge in [0, 0.05) is 5.57 Å². The summed E-state index contributed by atoms with van der Waals surface area (Å²) in [4.78, 5) is 12.9. The maximum Gasteiger partial charge on any atom is 0.185 e. The van der Waals surface area contributed by atoms with Crippen LogP contribution in [0.5, 0.6) is 11.5 Å². The number of rotatable bonds is 12. The lowest BCUT2D eigenvalue weighted by molar-refractivity contribution is -0.111. The van der Waals surface area contributed by atoms with Gasteiger partial charge in [0.05, 0.1) is 27.4 Å². The van der Waals surface area contributed by atoms with Gasteiger partial charge in [-0.1, -0.05) is 43.7 Å². The van der Waals surface area contributed by atoms with Crippen molar-refractivity contribution >= 4 is 17.9 Å². The number of unbranched alkanes of at least 4 members (excludes halogenated alkanes) is 1. The monoisotopic (exact) mass is 452 g/mol. The first kappa shape index (κ1) is 25.9. The summed E-state index contributed by atoms with van der Waals surface area (Å²) in [5.74, 6) is 0.798. The van der Waals surface area contributed by atoms with Crippen LogP contribution in [0.1, 0.15) is 48.4 Å². The smallest absolute Gasteiger partial charge is 0.185 e. The summed E-state index contributed by atoms with van der Waals surface area (Å²) < 4.78 is 10.5. The Morgan fingerprint density at radius 3 is 2.15 bits per heavy atom. The highest BCUT2D eigenvalue weighted by molar-refractivity contribution is 6.07. The minimum atomic E-state index is -0.271. The van der Waals surface area contributed by atoms with Crippen LogP contribution in [0.15, 0.2) is 59.9 Å². The third-order valence-corrected chi connectivity index (χ3v) is 5.23. The Bertz CT molecular complexity index is 1030. The van der Waals surface area contributed by atoms with E-state index in [0.717, 1.165) is 24.0 Å². The Labute approximate surface area is 195 Å². The van der Waals surface area contributed by atoms with Gasteiger partial charge in [0.1, 0.15) is 5.76 Å². The second-order valence-corrected chi connectivity index (χ2v) is 7.46. The quantitative estimate of drug-likeness (QED) is 0.239. The van der Waals surface area contributed by atoms with Gasteiger partial charge in [0.25, 0.3) is 0 Å². The average molecular weight is 453 g/mol. The van der Waals surface area contributed by atoms with Crippen molar-refractivity contribution in [3.05, 3.63) is 82.1 Å². The van der Waals surface area contributed by atoms with Gasteiger partial charge in [-0.25, -0.2) is 0 Å².